The number of likely N-dealkylation sites (N-methyl/N-ethyl adjacent to an activating group) is 1. The number of nitrogens with zero attached hydrogens (tertiary/aromatic N) is 3. The fourth-order valence-electron chi connectivity index (χ4n) is 3.30. The van der Waals surface area contributed by atoms with Gasteiger partial charge in [-0.05, 0) is 26.3 Å². The Kier molecular flexibility index (Phi) is 6.35. The first-order valence-electron chi connectivity index (χ1n) is 9.84. The van der Waals surface area contributed by atoms with Crippen molar-refractivity contribution in [3.05, 3.63) is 88.2 Å². The van der Waals surface area contributed by atoms with Crippen molar-refractivity contribution in [2.45, 2.75) is 33.4 Å². The van der Waals surface area contributed by atoms with E-state index in [4.69, 9.17) is 4.74 Å². The molecule has 1 amide bonds. The van der Waals surface area contributed by atoms with Crippen LogP contribution in [0, 0.1) is 20.8 Å². The average molecular weight is 405 g/mol. The molecule has 0 fully saturated rings. The van der Waals surface area contributed by atoms with Crippen LogP contribution in [-0.2, 0) is 16.1 Å². The summed E-state index contributed by atoms with van der Waals surface area (Å²) in [5, 5.41) is 4.53. The predicted octanol–water partition coefficient (Wildman–Crippen LogP) is 3.84. The summed E-state index contributed by atoms with van der Waals surface area (Å²) >= 11 is 0. The molecule has 3 aromatic rings. The van der Waals surface area contributed by atoms with Gasteiger partial charge in [-0.2, -0.15) is 5.10 Å². The molecule has 0 spiro atoms. The highest BCUT2D eigenvalue weighted by atomic mass is 16.5. The van der Waals surface area contributed by atoms with Crippen LogP contribution in [0.5, 0.6) is 0 Å². The molecule has 0 N–H and O–H groups in total. The Bertz CT molecular complexity index is 1040. The molecule has 6 nitrogen and oxygen atoms in total. The highest BCUT2D eigenvalue weighted by Crippen LogP contribution is 2.24. The van der Waals surface area contributed by atoms with Crippen LogP contribution in [0.4, 0.5) is 0 Å². The van der Waals surface area contributed by atoms with Crippen molar-refractivity contribution in [3.8, 4) is 0 Å². The second kappa shape index (κ2) is 8.95. The molecule has 3 rings (SSSR count). The SMILES string of the molecule is Cc1ccc(Cn2nc(C)c(C(=O)O[C@@H](C(=O)N(C)C)c3ccccc3)c2C)cc1. The minimum Gasteiger partial charge on any atom is -0.444 e. The number of ether oxygens (including phenoxy) is 1. The normalized spacial score (nSPS) is 11.8. The maximum Gasteiger partial charge on any atom is 0.343 e. The lowest BCUT2D eigenvalue weighted by atomic mass is 10.1. The van der Waals surface area contributed by atoms with Gasteiger partial charge in [-0.15, -0.1) is 0 Å². The van der Waals surface area contributed by atoms with E-state index >= 15 is 0 Å². The first-order valence-corrected chi connectivity index (χ1v) is 9.84. The summed E-state index contributed by atoms with van der Waals surface area (Å²) < 4.78 is 7.50. The summed E-state index contributed by atoms with van der Waals surface area (Å²) in [5.41, 5.74) is 4.60. The molecule has 0 saturated heterocycles. The van der Waals surface area contributed by atoms with Crippen LogP contribution in [0.25, 0.3) is 0 Å². The van der Waals surface area contributed by atoms with E-state index in [0.717, 1.165) is 5.56 Å². The minimum absolute atomic E-state index is 0.295. The first kappa shape index (κ1) is 21.3. The van der Waals surface area contributed by atoms with Crippen molar-refractivity contribution in [3.63, 3.8) is 0 Å². The van der Waals surface area contributed by atoms with E-state index in [1.807, 2.05) is 56.3 Å². The van der Waals surface area contributed by atoms with E-state index in [1.54, 1.807) is 37.8 Å². The molecule has 2 aromatic carbocycles. The number of amides is 1. The molecular weight excluding hydrogens is 378 g/mol. The van der Waals surface area contributed by atoms with E-state index in [1.165, 1.54) is 10.5 Å². The number of rotatable bonds is 6. The smallest absolute Gasteiger partial charge is 0.343 e. The third-order valence-corrected chi connectivity index (χ3v) is 5.03. The molecule has 0 aliphatic carbocycles. The fourth-order valence-corrected chi connectivity index (χ4v) is 3.30. The molecule has 1 atom stereocenters. The van der Waals surface area contributed by atoms with Gasteiger partial charge in [0.1, 0.15) is 5.56 Å². The molecule has 0 aliphatic heterocycles. The van der Waals surface area contributed by atoms with Gasteiger partial charge in [-0.1, -0.05) is 60.2 Å². The zero-order valence-electron chi connectivity index (χ0n) is 18.0. The van der Waals surface area contributed by atoms with E-state index in [2.05, 4.69) is 5.10 Å². The quantitative estimate of drug-likeness (QED) is 0.585. The third kappa shape index (κ3) is 4.59. The Morgan fingerprint density at radius 2 is 1.63 bits per heavy atom. The van der Waals surface area contributed by atoms with Gasteiger partial charge < -0.3 is 9.64 Å². The Morgan fingerprint density at radius 3 is 2.23 bits per heavy atom. The van der Waals surface area contributed by atoms with E-state index in [-0.39, 0.29) is 5.91 Å². The molecule has 1 heterocycles. The van der Waals surface area contributed by atoms with Crippen molar-refractivity contribution in [2.75, 3.05) is 14.1 Å². The summed E-state index contributed by atoms with van der Waals surface area (Å²) in [4.78, 5) is 27.2. The van der Waals surface area contributed by atoms with Crippen molar-refractivity contribution < 1.29 is 14.3 Å². The van der Waals surface area contributed by atoms with Gasteiger partial charge in [0.05, 0.1) is 17.9 Å². The number of carbonyl (C=O) groups excluding carboxylic acids is 2. The molecule has 156 valence electrons. The van der Waals surface area contributed by atoms with Crippen molar-refractivity contribution in [2.24, 2.45) is 0 Å². The van der Waals surface area contributed by atoms with Crippen molar-refractivity contribution in [1.29, 1.82) is 0 Å². The van der Waals surface area contributed by atoms with E-state index in [9.17, 15) is 9.59 Å². The number of hydrogen-bond acceptors (Lipinski definition) is 4. The minimum atomic E-state index is -1.01. The second-order valence-electron chi connectivity index (χ2n) is 7.62. The molecule has 0 saturated carbocycles. The molecule has 0 unspecified atom stereocenters. The number of carbonyl (C=O) groups is 2. The van der Waals surface area contributed by atoms with Gasteiger partial charge in [0.2, 0.25) is 6.10 Å². The third-order valence-electron chi connectivity index (χ3n) is 5.03. The van der Waals surface area contributed by atoms with E-state index < -0.39 is 12.1 Å². The van der Waals surface area contributed by atoms with Crippen LogP contribution >= 0.6 is 0 Å². The lowest BCUT2D eigenvalue weighted by Crippen LogP contribution is -2.31. The molecule has 0 aliphatic rings. The summed E-state index contributed by atoms with van der Waals surface area (Å²) in [6, 6.07) is 17.2. The largest absolute Gasteiger partial charge is 0.444 e. The molecule has 6 heteroatoms. The number of aromatic nitrogens is 2. The van der Waals surface area contributed by atoms with Gasteiger partial charge in [-0.25, -0.2) is 4.79 Å². The summed E-state index contributed by atoms with van der Waals surface area (Å²) in [6.45, 7) is 6.22. The summed E-state index contributed by atoms with van der Waals surface area (Å²) in [7, 11) is 3.28. The van der Waals surface area contributed by atoms with Gasteiger partial charge in [0.15, 0.2) is 0 Å². The van der Waals surface area contributed by atoms with Gasteiger partial charge >= 0.3 is 5.97 Å². The monoisotopic (exact) mass is 405 g/mol. The summed E-state index contributed by atoms with van der Waals surface area (Å²) in [5.74, 6) is -0.846. The fraction of sp³-hybridized carbons (Fsp3) is 0.292. The van der Waals surface area contributed by atoms with Crippen molar-refractivity contribution in [1.82, 2.24) is 14.7 Å². The van der Waals surface area contributed by atoms with Gasteiger partial charge in [-0.3, -0.25) is 9.48 Å². The molecule has 0 bridgehead atoms. The predicted molar refractivity (Wildman–Crippen MR) is 115 cm³/mol. The molecule has 1 aromatic heterocycles. The maximum atomic E-state index is 13.1. The molecule has 30 heavy (non-hydrogen) atoms. The van der Waals surface area contributed by atoms with Crippen LogP contribution in [0.15, 0.2) is 54.6 Å². The zero-order valence-corrected chi connectivity index (χ0v) is 18.0. The highest BCUT2D eigenvalue weighted by Gasteiger charge is 2.29. The standard InChI is InChI=1S/C24H27N3O3/c1-16-11-13-19(14-12-16)15-27-18(3)21(17(2)25-27)24(29)30-22(23(28)26(4)5)20-9-7-6-8-10-20/h6-14,22H,15H2,1-5H3/t22-/m1/s1. The number of hydrogen-bond donors (Lipinski definition) is 0. The lowest BCUT2D eigenvalue weighted by Gasteiger charge is -2.21. The number of benzene rings is 2. The maximum absolute atomic E-state index is 13.1. The molecule has 0 radical (unpaired) electrons. The number of esters is 1. The summed E-state index contributed by atoms with van der Waals surface area (Å²) in [6.07, 6.45) is -1.01. The van der Waals surface area contributed by atoms with Crippen LogP contribution in [-0.4, -0.2) is 40.7 Å². The second-order valence-corrected chi connectivity index (χ2v) is 7.62. The first-order chi connectivity index (χ1) is 14.3. The number of aryl methyl sites for hydroxylation is 2. The zero-order chi connectivity index (χ0) is 21.8. The Labute approximate surface area is 177 Å². The van der Waals surface area contributed by atoms with Crippen LogP contribution in [0.2, 0.25) is 0 Å². The average Bonchev–Trinajstić information content (AvgIpc) is 3.00. The Hall–Kier alpha value is -3.41. The Balaban J connectivity index is 1.87. The van der Waals surface area contributed by atoms with E-state index in [0.29, 0.717) is 29.1 Å². The topological polar surface area (TPSA) is 64.4 Å². The molecular formula is C24H27N3O3. The van der Waals surface area contributed by atoms with Crippen LogP contribution in [0.3, 0.4) is 0 Å². The van der Waals surface area contributed by atoms with Gasteiger partial charge in [0, 0.05) is 19.7 Å². The van der Waals surface area contributed by atoms with Crippen molar-refractivity contribution >= 4 is 11.9 Å². The van der Waals surface area contributed by atoms with Gasteiger partial charge in [0.25, 0.3) is 5.91 Å². The highest BCUT2D eigenvalue weighted by molar-refractivity contribution is 5.94. The van der Waals surface area contributed by atoms with Crippen LogP contribution < -0.4 is 0 Å². The Morgan fingerprint density at radius 1 is 1.00 bits per heavy atom. The lowest BCUT2D eigenvalue weighted by molar-refractivity contribution is -0.138. The van der Waals surface area contributed by atoms with Crippen LogP contribution in [0.1, 0.15) is 44.5 Å².